The summed E-state index contributed by atoms with van der Waals surface area (Å²) in [5.41, 5.74) is 14.8. The van der Waals surface area contributed by atoms with Gasteiger partial charge in [-0.25, -0.2) is 15.0 Å². The number of hydrogen-bond acceptors (Lipinski definition) is 3. The first-order valence-electron chi connectivity index (χ1n) is 18.9. The summed E-state index contributed by atoms with van der Waals surface area (Å²) in [6.07, 6.45) is 0. The summed E-state index contributed by atoms with van der Waals surface area (Å²) in [5, 5.41) is 3.54. The number of fused-ring (bicyclic) bond motifs is 3. The van der Waals surface area contributed by atoms with Gasteiger partial charge in [0.1, 0.15) is 0 Å². The molecule has 56 heavy (non-hydrogen) atoms. The Hall–Kier alpha value is -7.49. The van der Waals surface area contributed by atoms with Crippen LogP contribution >= 0.6 is 0 Å². The second kappa shape index (κ2) is 14.4. The van der Waals surface area contributed by atoms with E-state index in [0.29, 0.717) is 5.82 Å². The molecule has 0 saturated carbocycles. The first-order chi connectivity index (χ1) is 27.7. The number of hydrogen-bond donors (Lipinski definition) is 0. The van der Waals surface area contributed by atoms with Crippen LogP contribution in [-0.2, 0) is 0 Å². The lowest BCUT2D eigenvalue weighted by Crippen LogP contribution is -1.96. The van der Waals surface area contributed by atoms with Gasteiger partial charge >= 0.3 is 0 Å². The van der Waals surface area contributed by atoms with Crippen LogP contribution in [0, 0.1) is 0 Å². The van der Waals surface area contributed by atoms with Crippen LogP contribution in [0.1, 0.15) is 0 Å². The van der Waals surface area contributed by atoms with E-state index in [9.17, 15) is 0 Å². The average molecular weight is 714 g/mol. The maximum atomic E-state index is 5.34. The number of aromatic nitrogens is 3. The molecule has 0 atom stereocenters. The molecule has 0 aliphatic heterocycles. The zero-order valence-electron chi connectivity index (χ0n) is 30.5. The highest BCUT2D eigenvalue weighted by molar-refractivity contribution is 6.18. The normalized spacial score (nSPS) is 11.2. The maximum Gasteiger partial charge on any atom is 0.160 e. The van der Waals surface area contributed by atoms with Crippen LogP contribution in [0.4, 0.5) is 0 Å². The highest BCUT2D eigenvalue weighted by atomic mass is 14.9. The molecule has 0 amide bonds. The molecule has 0 N–H and O–H groups in total. The molecule has 0 spiro atoms. The first-order valence-corrected chi connectivity index (χ1v) is 18.9. The van der Waals surface area contributed by atoms with E-state index in [4.69, 9.17) is 15.0 Å². The summed E-state index contributed by atoms with van der Waals surface area (Å²) >= 11 is 0. The van der Waals surface area contributed by atoms with Crippen LogP contribution in [0.5, 0.6) is 0 Å². The highest BCUT2D eigenvalue weighted by Gasteiger charge is 2.17. The molecule has 0 unspecified atom stereocenters. The standard InChI is InChI=1S/C53H35N3/c1-5-17-36(18-6-1)47-34-48(37-19-7-2-8-20-37)54-51-33-46(44-29-13-14-30-45(44)52(47)51)42-27-15-25-40(31-42)41-26-16-28-43(32-41)50-35-49(38-21-9-3-10-22-38)55-53(56-50)39-23-11-4-12-24-39/h1-35H. The minimum atomic E-state index is 0.706. The molecular weight excluding hydrogens is 679 g/mol. The van der Waals surface area contributed by atoms with Crippen molar-refractivity contribution in [3.05, 3.63) is 212 Å². The van der Waals surface area contributed by atoms with E-state index in [1.165, 1.54) is 21.9 Å². The van der Waals surface area contributed by atoms with Crippen molar-refractivity contribution >= 4 is 21.7 Å². The zero-order valence-corrected chi connectivity index (χ0v) is 30.5. The molecule has 10 aromatic rings. The summed E-state index contributed by atoms with van der Waals surface area (Å²) in [6, 6.07) is 74.5. The quantitative estimate of drug-likeness (QED) is 0.154. The van der Waals surface area contributed by atoms with E-state index in [1.54, 1.807) is 0 Å². The number of pyridine rings is 1. The Balaban J connectivity index is 1.11. The molecule has 2 aromatic heterocycles. The van der Waals surface area contributed by atoms with Gasteiger partial charge in [0.2, 0.25) is 0 Å². The molecule has 0 aliphatic carbocycles. The van der Waals surface area contributed by atoms with Crippen LogP contribution in [0.2, 0.25) is 0 Å². The third kappa shape index (κ3) is 6.31. The summed E-state index contributed by atoms with van der Waals surface area (Å²) in [7, 11) is 0. The Labute approximate surface area is 326 Å². The third-order valence-electron chi connectivity index (χ3n) is 10.5. The summed E-state index contributed by atoms with van der Waals surface area (Å²) in [5.74, 6) is 0.706. The Morgan fingerprint density at radius 1 is 0.250 bits per heavy atom. The van der Waals surface area contributed by atoms with E-state index in [-0.39, 0.29) is 0 Å². The van der Waals surface area contributed by atoms with Gasteiger partial charge in [0.15, 0.2) is 5.82 Å². The van der Waals surface area contributed by atoms with E-state index in [2.05, 4.69) is 176 Å². The van der Waals surface area contributed by atoms with Gasteiger partial charge in [0.25, 0.3) is 0 Å². The predicted molar refractivity (Wildman–Crippen MR) is 233 cm³/mol. The van der Waals surface area contributed by atoms with Crippen molar-refractivity contribution in [3.8, 4) is 78.5 Å². The van der Waals surface area contributed by atoms with Crippen LogP contribution in [-0.4, -0.2) is 15.0 Å². The Bertz CT molecular complexity index is 2940. The molecule has 3 heteroatoms. The highest BCUT2D eigenvalue weighted by Crippen LogP contribution is 2.41. The van der Waals surface area contributed by atoms with Gasteiger partial charge in [-0.2, -0.15) is 0 Å². The molecule has 10 rings (SSSR count). The largest absolute Gasteiger partial charge is 0.248 e. The molecule has 0 saturated heterocycles. The van der Waals surface area contributed by atoms with E-state index < -0.39 is 0 Å². The van der Waals surface area contributed by atoms with Gasteiger partial charge in [0, 0.05) is 27.6 Å². The van der Waals surface area contributed by atoms with Crippen LogP contribution in [0.15, 0.2) is 212 Å². The maximum absolute atomic E-state index is 5.34. The van der Waals surface area contributed by atoms with E-state index in [1.807, 2.05) is 36.4 Å². The Kier molecular flexibility index (Phi) is 8.51. The topological polar surface area (TPSA) is 38.7 Å². The predicted octanol–water partition coefficient (Wildman–Crippen LogP) is 13.8. The van der Waals surface area contributed by atoms with Crippen molar-refractivity contribution in [1.29, 1.82) is 0 Å². The summed E-state index contributed by atoms with van der Waals surface area (Å²) in [6.45, 7) is 0. The number of rotatable bonds is 7. The van der Waals surface area contributed by atoms with Gasteiger partial charge in [-0.1, -0.05) is 182 Å². The van der Waals surface area contributed by atoms with Crippen LogP contribution in [0.3, 0.4) is 0 Å². The van der Waals surface area contributed by atoms with Gasteiger partial charge in [-0.15, -0.1) is 0 Å². The van der Waals surface area contributed by atoms with E-state index >= 15 is 0 Å². The third-order valence-corrected chi connectivity index (χ3v) is 10.5. The average Bonchev–Trinajstić information content (AvgIpc) is 3.29. The van der Waals surface area contributed by atoms with E-state index in [0.717, 1.165) is 72.5 Å². The molecular formula is C53H35N3. The van der Waals surface area contributed by atoms with Crippen LogP contribution in [0.25, 0.3) is 100 Å². The first kappa shape index (κ1) is 33.1. The van der Waals surface area contributed by atoms with Gasteiger partial charge in [0.05, 0.1) is 22.6 Å². The van der Waals surface area contributed by atoms with Crippen LogP contribution < -0.4 is 0 Å². The lowest BCUT2D eigenvalue weighted by Gasteiger charge is -2.16. The molecule has 2 heterocycles. The fourth-order valence-electron chi connectivity index (χ4n) is 7.74. The number of benzene rings is 8. The van der Waals surface area contributed by atoms with Crippen molar-refractivity contribution in [2.45, 2.75) is 0 Å². The second-order valence-electron chi connectivity index (χ2n) is 14.0. The van der Waals surface area contributed by atoms with Gasteiger partial charge in [-0.3, -0.25) is 0 Å². The Morgan fingerprint density at radius 2 is 0.696 bits per heavy atom. The molecule has 262 valence electrons. The monoisotopic (exact) mass is 713 g/mol. The molecule has 0 fully saturated rings. The summed E-state index contributed by atoms with van der Waals surface area (Å²) in [4.78, 5) is 15.4. The SMILES string of the molecule is c1ccc(-c2cc(-c3cccc(-c4cccc(-c5cc6nc(-c7ccccc7)cc(-c7ccccc7)c6c6ccccc56)c4)c3)nc(-c3ccccc3)n2)cc1. The van der Waals surface area contributed by atoms with Gasteiger partial charge < -0.3 is 0 Å². The van der Waals surface area contributed by atoms with Crippen molar-refractivity contribution in [3.63, 3.8) is 0 Å². The minimum absolute atomic E-state index is 0.706. The lowest BCUT2D eigenvalue weighted by molar-refractivity contribution is 1.18. The fourth-order valence-corrected chi connectivity index (χ4v) is 7.74. The molecule has 0 bridgehead atoms. The van der Waals surface area contributed by atoms with Crippen molar-refractivity contribution < 1.29 is 0 Å². The second-order valence-corrected chi connectivity index (χ2v) is 14.0. The molecule has 8 aromatic carbocycles. The zero-order chi connectivity index (χ0) is 37.3. The minimum Gasteiger partial charge on any atom is -0.248 e. The smallest absolute Gasteiger partial charge is 0.160 e. The molecule has 0 aliphatic rings. The fraction of sp³-hybridized carbons (Fsp3) is 0. The summed E-state index contributed by atoms with van der Waals surface area (Å²) < 4.78 is 0. The van der Waals surface area contributed by atoms with Crippen molar-refractivity contribution in [2.75, 3.05) is 0 Å². The van der Waals surface area contributed by atoms with Crippen molar-refractivity contribution in [2.24, 2.45) is 0 Å². The van der Waals surface area contributed by atoms with Gasteiger partial charge in [-0.05, 0) is 74.5 Å². The Morgan fingerprint density at radius 3 is 1.32 bits per heavy atom. The molecule has 3 nitrogen and oxygen atoms in total. The lowest BCUT2D eigenvalue weighted by atomic mass is 9.89. The number of nitrogens with zero attached hydrogens (tertiary/aromatic N) is 3. The molecule has 0 radical (unpaired) electrons. The van der Waals surface area contributed by atoms with Crippen molar-refractivity contribution in [1.82, 2.24) is 15.0 Å².